The fraction of sp³-hybridized carbons (Fsp3) is 0.348. The Morgan fingerprint density at radius 2 is 1.71 bits per heavy atom. The summed E-state index contributed by atoms with van der Waals surface area (Å²) in [4.78, 5) is 14.6. The monoisotopic (exact) mass is 469 g/mol. The van der Waals surface area contributed by atoms with Crippen LogP contribution in [-0.4, -0.2) is 71.5 Å². The maximum absolute atomic E-state index is 13.8. The summed E-state index contributed by atoms with van der Waals surface area (Å²) in [6.07, 6.45) is 5.92. The van der Waals surface area contributed by atoms with Crippen molar-refractivity contribution in [2.75, 3.05) is 68.1 Å². The second kappa shape index (κ2) is 9.64. The Bertz CT molecular complexity index is 1170. The third-order valence-corrected chi connectivity index (χ3v) is 5.90. The fourth-order valence-electron chi connectivity index (χ4n) is 3.87. The number of rotatable bonds is 6. The minimum atomic E-state index is -0.723. The predicted molar refractivity (Wildman–Crippen MR) is 131 cm³/mol. The zero-order chi connectivity index (χ0) is 24.4. The first-order valence-corrected chi connectivity index (χ1v) is 11.0. The van der Waals surface area contributed by atoms with Gasteiger partial charge in [0.1, 0.15) is 11.5 Å². The van der Waals surface area contributed by atoms with E-state index in [0.29, 0.717) is 30.4 Å². The van der Waals surface area contributed by atoms with Gasteiger partial charge in [-0.25, -0.2) is 13.5 Å². The minimum Gasteiger partial charge on any atom is -0.394 e. The molecule has 4 N–H and O–H groups in total. The van der Waals surface area contributed by atoms with Crippen molar-refractivity contribution in [3.8, 4) is 5.82 Å². The summed E-state index contributed by atoms with van der Waals surface area (Å²) in [6, 6.07) is 4.42. The molecule has 0 saturated carbocycles. The van der Waals surface area contributed by atoms with Gasteiger partial charge in [-0.05, 0) is 19.1 Å². The van der Waals surface area contributed by atoms with E-state index in [1.165, 1.54) is 12.1 Å². The van der Waals surface area contributed by atoms with Crippen LogP contribution in [0.25, 0.3) is 11.9 Å². The van der Waals surface area contributed by atoms with Crippen LogP contribution in [0, 0.1) is 18.6 Å². The number of aromatic nitrogens is 4. The van der Waals surface area contributed by atoms with Crippen LogP contribution in [-0.2, 0) is 0 Å². The van der Waals surface area contributed by atoms with Gasteiger partial charge >= 0.3 is 0 Å². The molecule has 1 saturated heterocycles. The summed E-state index contributed by atoms with van der Waals surface area (Å²) in [5.41, 5.74) is 13.2. The first kappa shape index (κ1) is 23.4. The topological polar surface area (TPSA) is 105 Å². The van der Waals surface area contributed by atoms with Crippen molar-refractivity contribution in [1.29, 1.82) is 0 Å². The molecule has 1 aromatic carbocycles. The number of halogens is 2. The maximum Gasteiger partial charge on any atom is 0.224 e. The summed E-state index contributed by atoms with van der Waals surface area (Å²) >= 11 is 0. The molecule has 1 fully saturated rings. The van der Waals surface area contributed by atoms with Crippen LogP contribution in [0.1, 0.15) is 11.3 Å². The van der Waals surface area contributed by atoms with E-state index < -0.39 is 17.3 Å². The Balaban J connectivity index is 1.37. The van der Waals surface area contributed by atoms with E-state index in [-0.39, 0.29) is 5.95 Å². The van der Waals surface area contributed by atoms with E-state index in [0.717, 1.165) is 30.9 Å². The number of hydrogen-bond acceptors (Lipinski definition) is 8. The standard InChI is InChI=1S/C23H29F2N9/c1-15-16(14-28-34(15)21-13-20(31(2)3)29-23(27)30-21)5-4-6-32-7-9-33(10-8-32)17-11-18(24)22(26)19(25)12-17/h4-5,11-14H,6-10,26H2,1-3H3,(H2,27,29,30)/b5-4+. The summed E-state index contributed by atoms with van der Waals surface area (Å²) in [5, 5.41) is 4.47. The number of piperazine rings is 1. The number of hydrogen-bond donors (Lipinski definition) is 2. The Hall–Kier alpha value is -3.73. The highest BCUT2D eigenvalue weighted by molar-refractivity contribution is 5.56. The molecule has 1 aliphatic heterocycles. The molecular weight excluding hydrogens is 440 g/mol. The van der Waals surface area contributed by atoms with Gasteiger partial charge in [-0.15, -0.1) is 0 Å². The van der Waals surface area contributed by atoms with Gasteiger partial charge in [-0.3, -0.25) is 4.90 Å². The van der Waals surface area contributed by atoms with Gasteiger partial charge in [-0.2, -0.15) is 15.1 Å². The fourth-order valence-corrected chi connectivity index (χ4v) is 3.87. The van der Waals surface area contributed by atoms with Gasteiger partial charge in [0.15, 0.2) is 17.5 Å². The van der Waals surface area contributed by atoms with Gasteiger partial charge in [0.25, 0.3) is 0 Å². The molecule has 0 unspecified atom stereocenters. The molecule has 0 spiro atoms. The first-order valence-electron chi connectivity index (χ1n) is 11.0. The summed E-state index contributed by atoms with van der Waals surface area (Å²) in [5.74, 6) is 0.0626. The summed E-state index contributed by atoms with van der Waals surface area (Å²) in [7, 11) is 3.78. The van der Waals surface area contributed by atoms with Crippen LogP contribution in [0.2, 0.25) is 0 Å². The number of nitrogens with zero attached hydrogens (tertiary/aromatic N) is 7. The van der Waals surface area contributed by atoms with Gasteiger partial charge in [0, 0.05) is 64.1 Å². The Kier molecular flexibility index (Phi) is 6.64. The van der Waals surface area contributed by atoms with Crippen LogP contribution in [0.5, 0.6) is 0 Å². The molecule has 2 aromatic heterocycles. The van der Waals surface area contributed by atoms with Crippen LogP contribution >= 0.6 is 0 Å². The van der Waals surface area contributed by atoms with E-state index >= 15 is 0 Å². The molecule has 34 heavy (non-hydrogen) atoms. The van der Waals surface area contributed by atoms with Crippen LogP contribution in [0.3, 0.4) is 0 Å². The van der Waals surface area contributed by atoms with Crippen molar-refractivity contribution >= 4 is 29.2 Å². The van der Waals surface area contributed by atoms with Crippen molar-refractivity contribution in [3.05, 3.63) is 53.4 Å². The lowest BCUT2D eigenvalue weighted by molar-refractivity contribution is 0.284. The normalized spacial score (nSPS) is 14.8. The molecule has 11 heteroatoms. The van der Waals surface area contributed by atoms with Crippen molar-refractivity contribution in [2.24, 2.45) is 0 Å². The van der Waals surface area contributed by atoms with E-state index in [2.05, 4.69) is 26.0 Å². The van der Waals surface area contributed by atoms with E-state index in [1.807, 2.05) is 43.0 Å². The Morgan fingerprint density at radius 3 is 2.35 bits per heavy atom. The van der Waals surface area contributed by atoms with Crippen LogP contribution in [0.15, 0.2) is 30.5 Å². The Morgan fingerprint density at radius 1 is 1.03 bits per heavy atom. The number of benzene rings is 1. The highest BCUT2D eigenvalue weighted by Crippen LogP contribution is 2.24. The molecule has 0 atom stereocenters. The molecular formula is C23H29F2N9. The maximum atomic E-state index is 13.8. The van der Waals surface area contributed by atoms with Crippen molar-refractivity contribution in [3.63, 3.8) is 0 Å². The van der Waals surface area contributed by atoms with Gasteiger partial charge < -0.3 is 21.3 Å². The van der Waals surface area contributed by atoms with E-state index in [9.17, 15) is 8.78 Å². The smallest absolute Gasteiger partial charge is 0.224 e. The average Bonchev–Trinajstić information content (AvgIpc) is 3.17. The summed E-state index contributed by atoms with van der Waals surface area (Å²) < 4.78 is 29.3. The quantitative estimate of drug-likeness (QED) is 0.530. The Labute approximate surface area is 197 Å². The molecule has 0 bridgehead atoms. The third-order valence-electron chi connectivity index (χ3n) is 5.90. The largest absolute Gasteiger partial charge is 0.394 e. The molecule has 0 radical (unpaired) electrons. The van der Waals surface area contributed by atoms with Crippen LogP contribution in [0.4, 0.5) is 31.9 Å². The van der Waals surface area contributed by atoms with Crippen molar-refractivity contribution in [1.82, 2.24) is 24.6 Å². The molecule has 9 nitrogen and oxygen atoms in total. The SMILES string of the molecule is Cc1c(/C=C/CN2CCN(c3cc(F)c(N)c(F)c3)CC2)cnn1-c1cc(N(C)C)nc(N)n1. The van der Waals surface area contributed by atoms with E-state index in [1.54, 1.807) is 10.9 Å². The van der Waals surface area contributed by atoms with Gasteiger partial charge in [0.2, 0.25) is 5.95 Å². The molecule has 3 heterocycles. The molecule has 0 aliphatic carbocycles. The molecule has 1 aliphatic rings. The molecule has 0 amide bonds. The molecule has 3 aromatic rings. The second-order valence-corrected chi connectivity index (χ2v) is 8.45. The number of anilines is 4. The van der Waals surface area contributed by atoms with Gasteiger partial charge in [0.05, 0.1) is 11.9 Å². The lowest BCUT2D eigenvalue weighted by Crippen LogP contribution is -2.46. The highest BCUT2D eigenvalue weighted by atomic mass is 19.1. The summed E-state index contributed by atoms with van der Waals surface area (Å²) in [6.45, 7) is 5.65. The van der Waals surface area contributed by atoms with Crippen LogP contribution < -0.4 is 21.3 Å². The highest BCUT2D eigenvalue weighted by Gasteiger charge is 2.19. The average molecular weight is 470 g/mol. The zero-order valence-corrected chi connectivity index (χ0v) is 19.5. The lowest BCUT2D eigenvalue weighted by Gasteiger charge is -2.35. The minimum absolute atomic E-state index is 0.191. The van der Waals surface area contributed by atoms with Crippen molar-refractivity contribution in [2.45, 2.75) is 6.92 Å². The first-order chi connectivity index (χ1) is 16.2. The predicted octanol–water partition coefficient (Wildman–Crippen LogP) is 2.31. The third kappa shape index (κ3) is 4.93. The zero-order valence-electron chi connectivity index (χ0n) is 19.5. The van der Waals surface area contributed by atoms with Crippen molar-refractivity contribution < 1.29 is 8.78 Å². The number of nitrogen functional groups attached to an aromatic ring is 2. The second-order valence-electron chi connectivity index (χ2n) is 8.45. The van der Waals surface area contributed by atoms with Gasteiger partial charge in [-0.1, -0.05) is 12.2 Å². The molecule has 180 valence electrons. The molecule has 4 rings (SSSR count). The van der Waals surface area contributed by atoms with E-state index in [4.69, 9.17) is 11.5 Å². The number of nitrogens with two attached hydrogens (primary N) is 2. The lowest BCUT2D eigenvalue weighted by atomic mass is 10.2.